The summed E-state index contributed by atoms with van der Waals surface area (Å²) in [6.45, 7) is 2.30. The molecule has 1 saturated carbocycles. The van der Waals surface area contributed by atoms with E-state index >= 15 is 0 Å². The highest BCUT2D eigenvalue weighted by atomic mass is 16.5. The highest BCUT2D eigenvalue weighted by Crippen LogP contribution is 2.68. The first-order valence-corrected chi connectivity index (χ1v) is 9.95. The minimum atomic E-state index is -0.246. The second-order valence-electron chi connectivity index (χ2n) is 9.00. The lowest BCUT2D eigenvalue weighted by molar-refractivity contribution is -0.180. The lowest BCUT2D eigenvalue weighted by atomic mass is 9.63. The van der Waals surface area contributed by atoms with E-state index in [4.69, 9.17) is 4.74 Å². The van der Waals surface area contributed by atoms with Crippen LogP contribution in [-0.4, -0.2) is 60.5 Å². The van der Waals surface area contributed by atoms with Crippen LogP contribution in [0.5, 0.6) is 0 Å². The van der Waals surface area contributed by atoms with Crippen molar-refractivity contribution < 1.29 is 9.84 Å². The number of nitrogens with zero attached hydrogens (tertiary/aromatic N) is 2. The van der Waals surface area contributed by atoms with Crippen molar-refractivity contribution in [1.82, 2.24) is 4.90 Å². The number of hydrogen-bond acceptors (Lipinski definition) is 4. The van der Waals surface area contributed by atoms with Gasteiger partial charge in [-0.2, -0.15) is 0 Å². The van der Waals surface area contributed by atoms with Crippen LogP contribution in [0.4, 0.5) is 5.69 Å². The van der Waals surface area contributed by atoms with Gasteiger partial charge in [0.2, 0.25) is 0 Å². The molecule has 1 spiro atoms. The van der Waals surface area contributed by atoms with Gasteiger partial charge in [-0.05, 0) is 36.8 Å². The number of rotatable bonds is 2. The molecule has 134 valence electrons. The molecule has 5 aliphatic heterocycles. The minimum Gasteiger partial charge on any atom is -0.392 e. The summed E-state index contributed by atoms with van der Waals surface area (Å²) in [6.07, 6.45) is 3.47. The maximum Gasteiger partial charge on any atom is 0.0759 e. The Morgan fingerprint density at radius 1 is 1.28 bits per heavy atom. The number of aliphatic hydroxyl groups is 1. The number of aliphatic hydroxyl groups excluding tert-OH is 1. The first-order chi connectivity index (χ1) is 12.1. The van der Waals surface area contributed by atoms with Gasteiger partial charge in [0, 0.05) is 49.3 Å². The number of fused-ring (bicyclic) bond motifs is 2. The average molecular weight is 340 g/mol. The second-order valence-corrected chi connectivity index (χ2v) is 9.00. The first kappa shape index (κ1) is 15.0. The largest absolute Gasteiger partial charge is 0.392 e. The Kier molecular flexibility index (Phi) is 2.76. The van der Waals surface area contributed by atoms with Crippen LogP contribution in [0.3, 0.4) is 0 Å². The van der Waals surface area contributed by atoms with Crippen molar-refractivity contribution in [2.45, 2.75) is 68.0 Å². The van der Waals surface area contributed by atoms with Crippen LogP contribution in [0.2, 0.25) is 0 Å². The van der Waals surface area contributed by atoms with Gasteiger partial charge in [-0.1, -0.05) is 25.1 Å². The van der Waals surface area contributed by atoms with Crippen LogP contribution < -0.4 is 4.90 Å². The molecule has 0 radical (unpaired) electrons. The van der Waals surface area contributed by atoms with Crippen LogP contribution in [0.15, 0.2) is 24.3 Å². The summed E-state index contributed by atoms with van der Waals surface area (Å²) in [4.78, 5) is 5.29. The van der Waals surface area contributed by atoms with E-state index in [1.165, 1.54) is 17.7 Å². The summed E-state index contributed by atoms with van der Waals surface area (Å²) >= 11 is 0. The lowest BCUT2D eigenvalue weighted by Crippen LogP contribution is -2.74. The van der Waals surface area contributed by atoms with E-state index in [1.54, 1.807) is 0 Å². The van der Waals surface area contributed by atoms with Crippen LogP contribution >= 0.6 is 0 Å². The number of piperidine rings is 4. The summed E-state index contributed by atoms with van der Waals surface area (Å²) in [5.41, 5.74) is 2.67. The molecule has 4 nitrogen and oxygen atoms in total. The summed E-state index contributed by atoms with van der Waals surface area (Å²) in [5.74, 6) is 0.879. The molecule has 25 heavy (non-hydrogen) atoms. The van der Waals surface area contributed by atoms with Gasteiger partial charge < -0.3 is 14.7 Å². The molecule has 5 bridgehead atoms. The number of hydrogen-bond donors (Lipinski definition) is 1. The Hall–Kier alpha value is -1.10. The van der Waals surface area contributed by atoms with Crippen molar-refractivity contribution >= 4 is 5.69 Å². The second kappa shape index (κ2) is 4.59. The van der Waals surface area contributed by atoms with E-state index in [2.05, 4.69) is 48.0 Å². The molecule has 1 N–H and O–H groups in total. The van der Waals surface area contributed by atoms with Gasteiger partial charge in [-0.3, -0.25) is 4.90 Å². The monoisotopic (exact) mass is 340 g/mol. The highest BCUT2D eigenvalue weighted by molar-refractivity contribution is 5.67. The molecular formula is C21H28N2O2. The van der Waals surface area contributed by atoms with Gasteiger partial charge in [0.1, 0.15) is 0 Å². The Morgan fingerprint density at radius 3 is 2.84 bits per heavy atom. The van der Waals surface area contributed by atoms with Gasteiger partial charge >= 0.3 is 0 Å². The quantitative estimate of drug-likeness (QED) is 0.893. The lowest BCUT2D eigenvalue weighted by Gasteiger charge is -2.63. The number of likely N-dealkylation sites (N-methyl/N-ethyl adjacent to an activating group) is 1. The smallest absolute Gasteiger partial charge is 0.0759 e. The molecular weight excluding hydrogens is 312 g/mol. The molecule has 7 rings (SSSR count). The molecule has 0 aromatic heterocycles. The molecule has 1 aromatic carbocycles. The van der Waals surface area contributed by atoms with Crippen LogP contribution in [0, 0.1) is 11.8 Å². The van der Waals surface area contributed by atoms with Crippen LogP contribution in [-0.2, 0) is 10.2 Å². The number of anilines is 1. The van der Waals surface area contributed by atoms with Crippen LogP contribution in [0.1, 0.15) is 31.7 Å². The van der Waals surface area contributed by atoms with Gasteiger partial charge in [-0.25, -0.2) is 0 Å². The summed E-state index contributed by atoms with van der Waals surface area (Å²) in [7, 11) is 4.12. The zero-order valence-electron chi connectivity index (χ0n) is 15.3. The van der Waals surface area contributed by atoms with E-state index < -0.39 is 0 Å². The van der Waals surface area contributed by atoms with E-state index in [0.717, 1.165) is 12.8 Å². The third-order valence-corrected chi connectivity index (χ3v) is 8.63. The van der Waals surface area contributed by atoms with E-state index in [-0.39, 0.29) is 17.6 Å². The van der Waals surface area contributed by atoms with Crippen molar-refractivity contribution in [2.24, 2.45) is 11.8 Å². The molecule has 0 amide bonds. The summed E-state index contributed by atoms with van der Waals surface area (Å²) < 4.78 is 6.00. The van der Waals surface area contributed by atoms with E-state index in [9.17, 15) is 5.11 Å². The minimum absolute atomic E-state index is 0.0719. The fourth-order valence-corrected chi connectivity index (χ4v) is 8.15. The highest BCUT2D eigenvalue weighted by Gasteiger charge is 2.76. The third kappa shape index (κ3) is 1.39. The Morgan fingerprint density at radius 2 is 2.08 bits per heavy atom. The predicted molar refractivity (Wildman–Crippen MR) is 96.8 cm³/mol. The third-order valence-electron chi connectivity index (χ3n) is 8.63. The zero-order valence-corrected chi connectivity index (χ0v) is 15.3. The predicted octanol–water partition coefficient (Wildman–Crippen LogP) is 2.00. The molecule has 4 saturated heterocycles. The normalized spacial score (nSPS) is 54.1. The van der Waals surface area contributed by atoms with E-state index in [1.807, 2.05) is 7.11 Å². The van der Waals surface area contributed by atoms with Crippen molar-refractivity contribution in [3.63, 3.8) is 0 Å². The molecule has 10 unspecified atom stereocenters. The maximum atomic E-state index is 11.7. The first-order valence-electron chi connectivity index (χ1n) is 9.95. The van der Waals surface area contributed by atoms with Crippen molar-refractivity contribution in [2.75, 3.05) is 19.1 Å². The molecule has 4 heteroatoms. The number of ether oxygens (including phenoxy) is 1. The Balaban J connectivity index is 1.58. The fourth-order valence-electron chi connectivity index (χ4n) is 8.15. The maximum absolute atomic E-state index is 11.7. The zero-order chi connectivity index (χ0) is 17.1. The molecule has 5 heterocycles. The standard InChI is InChI=1S/C21H28N2O2/c1-4-13-18(25-3)11-9-15-19-21(10-16(23(13)15)17(11)20(21)24)12-7-5-6-8-14(12)22(19)2/h5-8,11,13,15-20,24H,4,9-10H2,1-3H3. The molecule has 1 aliphatic carbocycles. The van der Waals surface area contributed by atoms with Crippen molar-refractivity contribution in [3.05, 3.63) is 29.8 Å². The number of methoxy groups -OCH3 is 1. The summed E-state index contributed by atoms with van der Waals surface area (Å²) in [5, 5.41) is 11.7. The molecule has 6 aliphatic rings. The van der Waals surface area contributed by atoms with Crippen LogP contribution in [0.25, 0.3) is 0 Å². The fraction of sp³-hybridized carbons (Fsp3) is 0.714. The van der Waals surface area contributed by atoms with Gasteiger partial charge in [-0.15, -0.1) is 0 Å². The van der Waals surface area contributed by atoms with Crippen molar-refractivity contribution in [1.29, 1.82) is 0 Å². The molecule has 10 atom stereocenters. The van der Waals surface area contributed by atoms with Gasteiger partial charge in [0.05, 0.1) is 18.2 Å². The van der Waals surface area contributed by atoms with E-state index in [0.29, 0.717) is 36.0 Å². The SMILES string of the molecule is CCC1C(OC)C2CC3C4N(C)c5ccccc5C45CC(C2C5O)N13. The Bertz CT molecular complexity index is 738. The Labute approximate surface area is 149 Å². The summed E-state index contributed by atoms with van der Waals surface area (Å²) in [6, 6.07) is 10.8. The van der Waals surface area contributed by atoms with Crippen molar-refractivity contribution in [3.8, 4) is 0 Å². The average Bonchev–Trinajstić information content (AvgIpc) is 3.03. The number of benzene rings is 1. The van der Waals surface area contributed by atoms with Gasteiger partial charge in [0.25, 0.3) is 0 Å². The molecule has 5 fully saturated rings. The molecule has 1 aromatic rings. The number of para-hydroxylation sites is 1. The van der Waals surface area contributed by atoms with Gasteiger partial charge in [0.15, 0.2) is 0 Å². The topological polar surface area (TPSA) is 35.9 Å².